The van der Waals surface area contributed by atoms with Gasteiger partial charge >= 0.3 is 11.9 Å². The monoisotopic (exact) mass is 471 g/mol. The van der Waals surface area contributed by atoms with Crippen LogP contribution in [0.3, 0.4) is 0 Å². The van der Waals surface area contributed by atoms with Crippen LogP contribution >= 0.6 is 0 Å². The number of carboxylic acid groups (broad SMARTS) is 1. The summed E-state index contributed by atoms with van der Waals surface area (Å²) < 4.78 is 28.3. The summed E-state index contributed by atoms with van der Waals surface area (Å²) in [5, 5.41) is 19.5. The van der Waals surface area contributed by atoms with E-state index in [2.05, 4.69) is 12.1 Å². The summed E-state index contributed by atoms with van der Waals surface area (Å²) in [6.45, 7) is 2.01. The Morgan fingerprint density at radius 1 is 1.12 bits per heavy atom. The number of aliphatic hydroxyl groups is 1. The molecule has 0 spiro atoms. The SMILES string of the molecule is C[C@@H](CCCc1ccccc1)[C@H](O)/C=C/C1CC(F)(F)C(=O)N1CCc1ccc(C(=O)O)cc1. The van der Waals surface area contributed by atoms with E-state index < -0.39 is 36.4 Å². The second-order valence-electron chi connectivity index (χ2n) is 8.96. The van der Waals surface area contributed by atoms with Gasteiger partial charge in [-0.1, -0.05) is 61.5 Å². The van der Waals surface area contributed by atoms with E-state index in [4.69, 9.17) is 5.11 Å². The lowest BCUT2D eigenvalue weighted by Gasteiger charge is -2.22. The van der Waals surface area contributed by atoms with Gasteiger partial charge in [-0.05, 0) is 54.9 Å². The fourth-order valence-electron chi connectivity index (χ4n) is 4.20. The minimum Gasteiger partial charge on any atom is -0.478 e. The van der Waals surface area contributed by atoms with E-state index in [9.17, 15) is 23.5 Å². The van der Waals surface area contributed by atoms with Crippen molar-refractivity contribution in [2.24, 2.45) is 5.92 Å². The number of nitrogens with zero attached hydrogens (tertiary/aromatic N) is 1. The summed E-state index contributed by atoms with van der Waals surface area (Å²) in [4.78, 5) is 24.4. The molecule has 0 aliphatic carbocycles. The van der Waals surface area contributed by atoms with Crippen LogP contribution in [0.1, 0.15) is 47.7 Å². The van der Waals surface area contributed by atoms with Gasteiger partial charge in [0.1, 0.15) is 0 Å². The predicted octanol–water partition coefficient (Wildman–Crippen LogP) is 4.74. The average Bonchev–Trinajstić information content (AvgIpc) is 3.04. The van der Waals surface area contributed by atoms with E-state index in [0.717, 1.165) is 29.7 Å². The number of benzene rings is 2. The van der Waals surface area contributed by atoms with E-state index in [-0.39, 0.29) is 18.0 Å². The predicted molar refractivity (Wildman–Crippen MR) is 126 cm³/mol. The highest BCUT2D eigenvalue weighted by Crippen LogP contribution is 2.34. The zero-order valence-corrected chi connectivity index (χ0v) is 19.2. The quantitative estimate of drug-likeness (QED) is 0.464. The van der Waals surface area contributed by atoms with Crippen molar-refractivity contribution in [2.75, 3.05) is 6.54 Å². The van der Waals surface area contributed by atoms with Crippen LogP contribution in [0.5, 0.6) is 0 Å². The first kappa shape index (κ1) is 25.6. The molecular weight excluding hydrogens is 440 g/mol. The van der Waals surface area contributed by atoms with Gasteiger partial charge in [0.15, 0.2) is 0 Å². The standard InChI is InChI=1S/C27H31F2NO4/c1-19(6-5-9-20-7-3-2-4-8-20)24(31)15-14-23-18-27(28,29)26(34)30(23)17-16-21-10-12-22(13-11-21)25(32)33/h2-4,7-8,10-15,19,23-24,31H,5-6,9,16-18H2,1H3,(H,32,33)/b15-14+/t19-,23?,24+/m0/s1. The number of aryl methyl sites for hydroxylation is 1. The summed E-state index contributed by atoms with van der Waals surface area (Å²) in [5.41, 5.74) is 2.13. The third kappa shape index (κ3) is 6.73. The van der Waals surface area contributed by atoms with Crippen molar-refractivity contribution < 1.29 is 28.6 Å². The second-order valence-corrected chi connectivity index (χ2v) is 8.96. The molecule has 5 nitrogen and oxygen atoms in total. The third-order valence-corrected chi connectivity index (χ3v) is 6.36. The van der Waals surface area contributed by atoms with Gasteiger partial charge in [0.2, 0.25) is 0 Å². The van der Waals surface area contributed by atoms with E-state index in [1.807, 2.05) is 25.1 Å². The van der Waals surface area contributed by atoms with Crippen molar-refractivity contribution in [3.63, 3.8) is 0 Å². The number of alkyl halides is 2. The molecule has 3 rings (SSSR count). The molecule has 1 amide bonds. The molecule has 2 aromatic carbocycles. The van der Waals surface area contributed by atoms with Crippen LogP contribution < -0.4 is 0 Å². The Labute approximate surface area is 198 Å². The fourth-order valence-corrected chi connectivity index (χ4v) is 4.20. The number of amides is 1. The van der Waals surface area contributed by atoms with Crippen LogP contribution in [0.25, 0.3) is 0 Å². The summed E-state index contributed by atoms with van der Waals surface area (Å²) >= 11 is 0. The lowest BCUT2D eigenvalue weighted by atomic mass is 9.95. The molecule has 0 aromatic heterocycles. The maximum atomic E-state index is 14.2. The normalized spacial score (nSPS) is 19.5. The Morgan fingerprint density at radius 3 is 2.41 bits per heavy atom. The van der Waals surface area contributed by atoms with Crippen LogP contribution in [-0.4, -0.2) is 51.6 Å². The molecule has 182 valence electrons. The van der Waals surface area contributed by atoms with Gasteiger partial charge in [0.25, 0.3) is 5.91 Å². The summed E-state index contributed by atoms with van der Waals surface area (Å²) in [6.07, 6.45) is 4.57. The first-order valence-corrected chi connectivity index (χ1v) is 11.6. The van der Waals surface area contributed by atoms with Gasteiger partial charge in [0, 0.05) is 13.0 Å². The van der Waals surface area contributed by atoms with Gasteiger partial charge in [-0.2, -0.15) is 8.78 Å². The zero-order valence-electron chi connectivity index (χ0n) is 19.2. The van der Waals surface area contributed by atoms with Crippen LogP contribution in [0.15, 0.2) is 66.7 Å². The highest BCUT2D eigenvalue weighted by atomic mass is 19.3. The van der Waals surface area contributed by atoms with Crippen molar-refractivity contribution in [2.45, 2.75) is 57.1 Å². The highest BCUT2D eigenvalue weighted by Gasteiger charge is 2.52. The van der Waals surface area contributed by atoms with Crippen molar-refractivity contribution in [1.29, 1.82) is 0 Å². The molecule has 2 aromatic rings. The molecule has 0 bridgehead atoms. The van der Waals surface area contributed by atoms with Crippen LogP contribution in [0.4, 0.5) is 8.78 Å². The van der Waals surface area contributed by atoms with E-state index >= 15 is 0 Å². The molecule has 34 heavy (non-hydrogen) atoms. The number of hydrogen-bond donors (Lipinski definition) is 2. The van der Waals surface area contributed by atoms with Crippen molar-refractivity contribution in [3.05, 3.63) is 83.4 Å². The van der Waals surface area contributed by atoms with E-state index in [1.54, 1.807) is 12.1 Å². The van der Waals surface area contributed by atoms with Gasteiger partial charge in [0.05, 0.1) is 17.7 Å². The van der Waals surface area contributed by atoms with Gasteiger partial charge in [-0.3, -0.25) is 4.79 Å². The van der Waals surface area contributed by atoms with Gasteiger partial charge in [-0.15, -0.1) is 0 Å². The minimum absolute atomic E-state index is 0.0428. The van der Waals surface area contributed by atoms with Crippen LogP contribution in [0.2, 0.25) is 0 Å². The fraction of sp³-hybridized carbons (Fsp3) is 0.407. The molecule has 0 saturated carbocycles. The number of carbonyl (C=O) groups excluding carboxylic acids is 1. The molecule has 1 heterocycles. The van der Waals surface area contributed by atoms with Crippen molar-refractivity contribution in [1.82, 2.24) is 4.90 Å². The average molecular weight is 472 g/mol. The smallest absolute Gasteiger partial charge is 0.335 e. The lowest BCUT2D eigenvalue weighted by Crippen LogP contribution is -2.37. The Kier molecular flexibility index (Phi) is 8.56. The number of aliphatic hydroxyl groups excluding tert-OH is 1. The second kappa shape index (κ2) is 11.4. The maximum Gasteiger partial charge on any atom is 0.335 e. The summed E-state index contributed by atoms with van der Waals surface area (Å²) in [6, 6.07) is 15.4. The Bertz CT molecular complexity index is 991. The maximum absolute atomic E-state index is 14.2. The number of aromatic carboxylic acids is 1. The first-order chi connectivity index (χ1) is 16.2. The topological polar surface area (TPSA) is 77.8 Å². The minimum atomic E-state index is -3.44. The number of likely N-dealkylation sites (tertiary alicyclic amines) is 1. The third-order valence-electron chi connectivity index (χ3n) is 6.36. The van der Waals surface area contributed by atoms with Crippen molar-refractivity contribution >= 4 is 11.9 Å². The lowest BCUT2D eigenvalue weighted by molar-refractivity contribution is -0.148. The van der Waals surface area contributed by atoms with E-state index in [1.165, 1.54) is 29.8 Å². The van der Waals surface area contributed by atoms with Crippen LogP contribution in [0, 0.1) is 5.92 Å². The Balaban J connectivity index is 1.55. The molecule has 7 heteroatoms. The molecule has 1 fully saturated rings. The Hall–Kier alpha value is -3.06. The number of hydrogen-bond acceptors (Lipinski definition) is 3. The number of halogens is 2. The molecule has 3 atom stereocenters. The molecule has 1 aliphatic rings. The largest absolute Gasteiger partial charge is 0.478 e. The number of carbonyl (C=O) groups is 2. The highest BCUT2D eigenvalue weighted by molar-refractivity contribution is 5.87. The van der Waals surface area contributed by atoms with Crippen molar-refractivity contribution in [3.8, 4) is 0 Å². The first-order valence-electron chi connectivity index (χ1n) is 11.6. The number of carboxylic acids is 1. The van der Waals surface area contributed by atoms with E-state index in [0.29, 0.717) is 6.42 Å². The summed E-state index contributed by atoms with van der Waals surface area (Å²) in [7, 11) is 0. The molecule has 0 radical (unpaired) electrons. The number of rotatable bonds is 11. The Morgan fingerprint density at radius 2 is 1.76 bits per heavy atom. The zero-order chi connectivity index (χ0) is 24.7. The molecule has 1 unspecified atom stereocenters. The molecule has 1 aliphatic heterocycles. The van der Waals surface area contributed by atoms with Gasteiger partial charge in [-0.25, -0.2) is 4.79 Å². The molecule has 2 N–H and O–H groups in total. The molecular formula is C27H31F2NO4. The summed E-state index contributed by atoms with van der Waals surface area (Å²) in [5.74, 6) is -5.73. The van der Waals surface area contributed by atoms with Gasteiger partial charge < -0.3 is 15.1 Å². The van der Waals surface area contributed by atoms with Crippen LogP contribution in [-0.2, 0) is 17.6 Å². The molecule has 1 saturated heterocycles.